The lowest BCUT2D eigenvalue weighted by molar-refractivity contribution is -0.143. The third-order valence-electron chi connectivity index (χ3n) is 1.55. The number of hydrogen-bond donors (Lipinski definition) is 3. The van der Waals surface area contributed by atoms with Crippen molar-refractivity contribution in [2.75, 3.05) is 13.6 Å². The van der Waals surface area contributed by atoms with Crippen molar-refractivity contribution < 1.29 is 9.90 Å². The topological polar surface area (TPSA) is 75.3 Å². The van der Waals surface area contributed by atoms with Crippen molar-refractivity contribution in [3.05, 3.63) is 0 Å². The summed E-state index contributed by atoms with van der Waals surface area (Å²) in [4.78, 5) is 10.5. The van der Waals surface area contributed by atoms with Crippen molar-refractivity contribution >= 4 is 5.97 Å². The molecule has 0 spiro atoms. The Morgan fingerprint density at radius 1 is 1.80 bits per heavy atom. The highest BCUT2D eigenvalue weighted by Crippen LogP contribution is 2.03. The highest BCUT2D eigenvalue weighted by atomic mass is 16.4. The lowest BCUT2D eigenvalue weighted by atomic mass is 9.98. The van der Waals surface area contributed by atoms with Gasteiger partial charge in [0.2, 0.25) is 0 Å². The van der Waals surface area contributed by atoms with E-state index in [1.807, 2.05) is 0 Å². The molecule has 1 atom stereocenters. The van der Waals surface area contributed by atoms with Crippen LogP contribution in [-0.2, 0) is 4.79 Å². The summed E-state index contributed by atoms with van der Waals surface area (Å²) < 4.78 is 0. The Kier molecular flexibility index (Phi) is 3.32. The molecule has 0 bridgehead atoms. The Hall–Kier alpha value is -0.610. The van der Waals surface area contributed by atoms with Crippen LogP contribution in [0.5, 0.6) is 0 Å². The maximum absolute atomic E-state index is 10.5. The zero-order valence-corrected chi connectivity index (χ0v) is 6.35. The third kappa shape index (κ3) is 1.97. The van der Waals surface area contributed by atoms with Gasteiger partial charge in [-0.2, -0.15) is 0 Å². The van der Waals surface area contributed by atoms with Crippen molar-refractivity contribution in [1.82, 2.24) is 5.32 Å². The van der Waals surface area contributed by atoms with Gasteiger partial charge in [-0.05, 0) is 13.5 Å². The van der Waals surface area contributed by atoms with Crippen LogP contribution in [0.4, 0.5) is 0 Å². The van der Waals surface area contributed by atoms with Crippen molar-refractivity contribution in [3.63, 3.8) is 0 Å². The highest BCUT2D eigenvalue weighted by Gasteiger charge is 2.30. The molecule has 0 saturated carbocycles. The normalized spacial score (nSPS) is 16.3. The summed E-state index contributed by atoms with van der Waals surface area (Å²) in [6.45, 7) is 2.06. The molecule has 0 heterocycles. The van der Waals surface area contributed by atoms with Crippen LogP contribution in [0, 0.1) is 0 Å². The zero-order chi connectivity index (χ0) is 8.20. The number of rotatable bonds is 4. The summed E-state index contributed by atoms with van der Waals surface area (Å²) in [6, 6.07) is 0. The van der Waals surface area contributed by atoms with E-state index in [1.165, 1.54) is 0 Å². The molecular weight excluding hydrogens is 132 g/mol. The Morgan fingerprint density at radius 3 is 2.40 bits per heavy atom. The number of carboxylic acid groups (broad SMARTS) is 1. The molecule has 0 aliphatic carbocycles. The van der Waals surface area contributed by atoms with Gasteiger partial charge < -0.3 is 16.2 Å². The van der Waals surface area contributed by atoms with Crippen LogP contribution in [0.3, 0.4) is 0 Å². The van der Waals surface area contributed by atoms with Gasteiger partial charge >= 0.3 is 5.97 Å². The van der Waals surface area contributed by atoms with E-state index >= 15 is 0 Å². The summed E-state index contributed by atoms with van der Waals surface area (Å²) in [5, 5.41) is 11.3. The fourth-order valence-electron chi connectivity index (χ4n) is 0.667. The van der Waals surface area contributed by atoms with Crippen LogP contribution in [0.1, 0.15) is 13.3 Å². The van der Waals surface area contributed by atoms with Crippen LogP contribution in [0.15, 0.2) is 0 Å². The van der Waals surface area contributed by atoms with Crippen molar-refractivity contribution in [1.29, 1.82) is 0 Å². The van der Waals surface area contributed by atoms with Crippen molar-refractivity contribution in [2.45, 2.75) is 18.9 Å². The van der Waals surface area contributed by atoms with Gasteiger partial charge in [0, 0.05) is 6.54 Å². The van der Waals surface area contributed by atoms with Crippen molar-refractivity contribution in [2.24, 2.45) is 5.73 Å². The minimum Gasteiger partial charge on any atom is -0.480 e. The number of nitrogens with two attached hydrogens (primary N) is 1. The first kappa shape index (κ1) is 9.39. The summed E-state index contributed by atoms with van der Waals surface area (Å²) >= 11 is 0. The van der Waals surface area contributed by atoms with Gasteiger partial charge in [0.15, 0.2) is 0 Å². The maximum atomic E-state index is 10.5. The minimum atomic E-state index is -1.10. The van der Waals surface area contributed by atoms with Crippen LogP contribution in [0.2, 0.25) is 0 Å². The van der Waals surface area contributed by atoms with Crippen LogP contribution >= 0.6 is 0 Å². The molecule has 4 N–H and O–H groups in total. The van der Waals surface area contributed by atoms with Crippen LogP contribution < -0.4 is 11.1 Å². The van der Waals surface area contributed by atoms with Gasteiger partial charge in [-0.15, -0.1) is 0 Å². The summed E-state index contributed by atoms with van der Waals surface area (Å²) in [5.74, 6) is -0.954. The number of nitrogens with one attached hydrogen (secondary N) is 1. The van der Waals surface area contributed by atoms with E-state index in [2.05, 4.69) is 5.32 Å². The molecule has 0 saturated heterocycles. The molecule has 0 fully saturated rings. The molecule has 0 aromatic carbocycles. The molecule has 0 aliphatic rings. The first-order chi connectivity index (χ1) is 4.56. The average molecular weight is 146 g/mol. The number of carboxylic acids is 1. The smallest absolute Gasteiger partial charge is 0.324 e. The Balaban J connectivity index is 4.08. The molecule has 0 amide bonds. The molecule has 60 valence electrons. The van der Waals surface area contributed by atoms with Gasteiger partial charge in [0.1, 0.15) is 5.54 Å². The molecule has 4 nitrogen and oxygen atoms in total. The number of carbonyl (C=O) groups is 1. The second-order valence-corrected chi connectivity index (χ2v) is 2.35. The number of aliphatic carboxylic acids is 1. The molecule has 0 aliphatic heterocycles. The van der Waals surface area contributed by atoms with E-state index < -0.39 is 11.5 Å². The SMILES string of the molecule is CC[C@](N)(CNC)C(=O)O. The molecule has 4 heteroatoms. The average Bonchev–Trinajstić information content (AvgIpc) is 1.88. The van der Waals surface area contributed by atoms with Gasteiger partial charge in [-0.25, -0.2) is 0 Å². The Labute approximate surface area is 60.4 Å². The lowest BCUT2D eigenvalue weighted by Crippen LogP contribution is -2.54. The highest BCUT2D eigenvalue weighted by molar-refractivity contribution is 5.78. The Bertz CT molecular complexity index is 127. The minimum absolute atomic E-state index is 0.304. The molecule has 0 aromatic heterocycles. The fourth-order valence-corrected chi connectivity index (χ4v) is 0.667. The number of hydrogen-bond acceptors (Lipinski definition) is 3. The predicted molar refractivity (Wildman–Crippen MR) is 38.8 cm³/mol. The van der Waals surface area contributed by atoms with E-state index in [9.17, 15) is 4.79 Å². The summed E-state index contributed by atoms with van der Waals surface area (Å²) in [7, 11) is 1.68. The quantitative estimate of drug-likeness (QED) is 0.495. The molecule has 0 aromatic rings. The van der Waals surface area contributed by atoms with E-state index in [1.54, 1.807) is 14.0 Å². The lowest BCUT2D eigenvalue weighted by Gasteiger charge is -2.21. The molecule has 0 radical (unpaired) electrons. The zero-order valence-electron chi connectivity index (χ0n) is 6.35. The van der Waals surface area contributed by atoms with E-state index in [0.717, 1.165) is 0 Å². The molecule has 10 heavy (non-hydrogen) atoms. The van der Waals surface area contributed by atoms with Crippen molar-refractivity contribution in [3.8, 4) is 0 Å². The summed E-state index contributed by atoms with van der Waals surface area (Å²) in [5.41, 5.74) is 4.39. The molecule has 0 rings (SSSR count). The Morgan fingerprint density at radius 2 is 2.30 bits per heavy atom. The maximum Gasteiger partial charge on any atom is 0.324 e. The van der Waals surface area contributed by atoms with Crippen LogP contribution in [0.25, 0.3) is 0 Å². The van der Waals surface area contributed by atoms with E-state index in [0.29, 0.717) is 13.0 Å². The van der Waals surface area contributed by atoms with Gasteiger partial charge in [0.05, 0.1) is 0 Å². The van der Waals surface area contributed by atoms with Gasteiger partial charge in [0.25, 0.3) is 0 Å². The fraction of sp³-hybridized carbons (Fsp3) is 0.833. The second kappa shape index (κ2) is 3.53. The first-order valence-electron chi connectivity index (χ1n) is 3.23. The van der Waals surface area contributed by atoms with Gasteiger partial charge in [-0.1, -0.05) is 6.92 Å². The summed E-state index contributed by atoms with van der Waals surface area (Å²) in [6.07, 6.45) is 0.434. The molecular formula is C6H14N2O2. The van der Waals surface area contributed by atoms with Crippen LogP contribution in [-0.4, -0.2) is 30.2 Å². The third-order valence-corrected chi connectivity index (χ3v) is 1.55. The van der Waals surface area contributed by atoms with E-state index in [4.69, 9.17) is 10.8 Å². The number of likely N-dealkylation sites (N-methyl/N-ethyl adjacent to an activating group) is 1. The largest absolute Gasteiger partial charge is 0.480 e. The van der Waals surface area contributed by atoms with E-state index in [-0.39, 0.29) is 0 Å². The molecule has 0 unspecified atom stereocenters. The van der Waals surface area contributed by atoms with Gasteiger partial charge in [-0.3, -0.25) is 4.79 Å². The first-order valence-corrected chi connectivity index (χ1v) is 3.23. The standard InChI is InChI=1S/C6H14N2O2/c1-3-6(7,4-8-2)5(9)10/h8H,3-4,7H2,1-2H3,(H,9,10)/t6-/m0/s1. The second-order valence-electron chi connectivity index (χ2n) is 2.35. The monoisotopic (exact) mass is 146 g/mol. The predicted octanol–water partition coefficient (Wildman–Crippen LogP) is -0.602.